The second kappa shape index (κ2) is 6.63. The molecule has 9 nitrogen and oxygen atoms in total. The number of carbonyl (C=O) groups excluding carboxylic acids is 3. The van der Waals surface area contributed by atoms with Crippen LogP contribution in [0.25, 0.3) is 0 Å². The summed E-state index contributed by atoms with van der Waals surface area (Å²) < 4.78 is 14.4. The number of benzene rings is 1. The normalized spacial score (nSPS) is 15.7. The summed E-state index contributed by atoms with van der Waals surface area (Å²) in [6.45, 7) is 2.81. The van der Waals surface area contributed by atoms with E-state index >= 15 is 0 Å². The van der Waals surface area contributed by atoms with Crippen LogP contribution in [0.15, 0.2) is 30.0 Å². The lowest BCUT2D eigenvalue weighted by atomic mass is 10.1. The molecule has 1 aliphatic heterocycles. The monoisotopic (exact) mass is 349 g/mol. The fourth-order valence-corrected chi connectivity index (χ4v) is 2.02. The molecule has 0 saturated carbocycles. The zero-order valence-electron chi connectivity index (χ0n) is 13.6. The molecule has 0 amide bonds. The first kappa shape index (κ1) is 18.0. The summed E-state index contributed by atoms with van der Waals surface area (Å²) in [6, 6.07) is 3.74. The number of anilines is 1. The molecule has 0 bridgehead atoms. The highest BCUT2D eigenvalue weighted by atomic mass is 16.7. The summed E-state index contributed by atoms with van der Waals surface area (Å²) >= 11 is 0. The number of ether oxygens (including phenoxy) is 3. The Balaban J connectivity index is 2.31. The van der Waals surface area contributed by atoms with E-state index in [9.17, 15) is 24.3 Å². The van der Waals surface area contributed by atoms with E-state index in [-0.39, 0.29) is 16.8 Å². The van der Waals surface area contributed by atoms with Crippen LogP contribution in [0, 0.1) is 0 Å². The van der Waals surface area contributed by atoms with Gasteiger partial charge >= 0.3 is 23.9 Å². The van der Waals surface area contributed by atoms with E-state index in [0.717, 1.165) is 12.3 Å². The third-order valence-electron chi connectivity index (χ3n) is 3.16. The van der Waals surface area contributed by atoms with Gasteiger partial charge in [0.15, 0.2) is 5.57 Å². The number of rotatable bonds is 4. The van der Waals surface area contributed by atoms with Crippen molar-refractivity contribution in [3.8, 4) is 0 Å². The fourth-order valence-electron chi connectivity index (χ4n) is 2.02. The Labute approximate surface area is 142 Å². The van der Waals surface area contributed by atoms with Gasteiger partial charge in [0, 0.05) is 20.0 Å². The number of carboxylic acid groups (broad SMARTS) is 1. The van der Waals surface area contributed by atoms with Crippen LogP contribution in [0.4, 0.5) is 5.69 Å². The first-order valence-corrected chi connectivity index (χ1v) is 7.03. The molecule has 0 aromatic heterocycles. The summed E-state index contributed by atoms with van der Waals surface area (Å²) in [5.41, 5.74) is -0.584. The predicted octanol–water partition coefficient (Wildman–Crippen LogP) is 1.30. The molecule has 1 heterocycles. The van der Waals surface area contributed by atoms with E-state index < -0.39 is 35.2 Å². The van der Waals surface area contributed by atoms with Crippen LogP contribution in [0.5, 0.6) is 0 Å². The van der Waals surface area contributed by atoms with Gasteiger partial charge in [-0.2, -0.15) is 0 Å². The largest absolute Gasteiger partial charge is 0.478 e. The molecule has 2 N–H and O–H groups in total. The molecule has 0 atom stereocenters. The van der Waals surface area contributed by atoms with Crippen LogP contribution in [0.1, 0.15) is 34.6 Å². The number of aromatic carboxylic acids is 1. The molecule has 0 spiro atoms. The molecule has 0 unspecified atom stereocenters. The van der Waals surface area contributed by atoms with Crippen molar-refractivity contribution in [2.75, 3.05) is 12.4 Å². The van der Waals surface area contributed by atoms with E-state index in [0.29, 0.717) is 0 Å². The Hall–Kier alpha value is -3.36. The molecular weight excluding hydrogens is 334 g/mol. The molecule has 1 fully saturated rings. The number of methoxy groups -OCH3 is 1. The van der Waals surface area contributed by atoms with Crippen LogP contribution >= 0.6 is 0 Å². The maximum Gasteiger partial charge on any atom is 0.350 e. The van der Waals surface area contributed by atoms with Crippen molar-refractivity contribution in [2.24, 2.45) is 0 Å². The topological polar surface area (TPSA) is 128 Å². The van der Waals surface area contributed by atoms with Crippen molar-refractivity contribution in [3.05, 3.63) is 41.1 Å². The average molecular weight is 349 g/mol. The molecule has 25 heavy (non-hydrogen) atoms. The Kier molecular flexibility index (Phi) is 4.77. The minimum absolute atomic E-state index is 0.0383. The van der Waals surface area contributed by atoms with E-state index in [2.05, 4.69) is 10.1 Å². The molecule has 9 heteroatoms. The lowest BCUT2D eigenvalue weighted by Crippen LogP contribution is -2.42. The van der Waals surface area contributed by atoms with Gasteiger partial charge in [-0.1, -0.05) is 0 Å². The van der Waals surface area contributed by atoms with E-state index in [1.165, 1.54) is 33.1 Å². The van der Waals surface area contributed by atoms with Crippen molar-refractivity contribution in [1.82, 2.24) is 0 Å². The lowest BCUT2D eigenvalue weighted by molar-refractivity contribution is -0.222. The SMILES string of the molecule is COC(=O)c1ccc(NC=C2C(=O)OC(C)(C)OC2=O)c(C(=O)O)c1. The smallest absolute Gasteiger partial charge is 0.350 e. The van der Waals surface area contributed by atoms with Crippen LogP contribution in [0.2, 0.25) is 0 Å². The van der Waals surface area contributed by atoms with Crippen LogP contribution in [0.3, 0.4) is 0 Å². The molecule has 2 rings (SSSR count). The maximum atomic E-state index is 11.8. The predicted molar refractivity (Wildman–Crippen MR) is 82.7 cm³/mol. The first-order chi connectivity index (χ1) is 11.6. The van der Waals surface area contributed by atoms with Gasteiger partial charge in [0.1, 0.15) is 0 Å². The van der Waals surface area contributed by atoms with E-state index in [1.807, 2.05) is 0 Å². The fraction of sp³-hybridized carbons (Fsp3) is 0.250. The Morgan fingerprint density at radius 3 is 2.32 bits per heavy atom. The quantitative estimate of drug-likeness (QED) is 0.469. The summed E-state index contributed by atoms with van der Waals surface area (Å²) in [5.74, 6) is -5.20. The van der Waals surface area contributed by atoms with Crippen molar-refractivity contribution >= 4 is 29.6 Å². The lowest BCUT2D eigenvalue weighted by Gasteiger charge is -2.29. The molecule has 0 radical (unpaired) electrons. The molecule has 1 aliphatic rings. The van der Waals surface area contributed by atoms with Crippen LogP contribution in [-0.4, -0.2) is 41.9 Å². The number of cyclic esters (lactones) is 2. The number of hydrogen-bond acceptors (Lipinski definition) is 8. The molecular formula is C16H15NO8. The van der Waals surface area contributed by atoms with Gasteiger partial charge in [0.25, 0.3) is 5.79 Å². The van der Waals surface area contributed by atoms with Gasteiger partial charge in [-0.05, 0) is 18.2 Å². The molecule has 1 saturated heterocycles. The number of hydrogen-bond donors (Lipinski definition) is 2. The van der Waals surface area contributed by atoms with Gasteiger partial charge in [0.2, 0.25) is 0 Å². The third kappa shape index (κ3) is 3.94. The number of esters is 3. The summed E-state index contributed by atoms with van der Waals surface area (Å²) in [7, 11) is 1.17. The van der Waals surface area contributed by atoms with Gasteiger partial charge in [0.05, 0.1) is 23.9 Å². The molecule has 1 aromatic carbocycles. The number of carboxylic acids is 1. The first-order valence-electron chi connectivity index (χ1n) is 7.03. The zero-order valence-corrected chi connectivity index (χ0v) is 13.6. The van der Waals surface area contributed by atoms with Crippen LogP contribution < -0.4 is 5.32 Å². The zero-order chi connectivity index (χ0) is 18.8. The standard InChI is InChI=1S/C16H15NO8/c1-16(2)24-14(21)10(15(22)25-16)7-17-11-5-4-8(13(20)23-3)6-9(11)12(18)19/h4-7,17H,1-3H3,(H,18,19). The number of nitrogens with one attached hydrogen (secondary N) is 1. The highest BCUT2D eigenvalue weighted by molar-refractivity contribution is 6.15. The average Bonchev–Trinajstić information content (AvgIpc) is 2.52. The summed E-state index contributed by atoms with van der Waals surface area (Å²) in [5, 5.41) is 11.8. The summed E-state index contributed by atoms with van der Waals surface area (Å²) in [6.07, 6.45) is 0.986. The Bertz CT molecular complexity index is 771. The van der Waals surface area contributed by atoms with Crippen molar-refractivity contribution in [3.63, 3.8) is 0 Å². The van der Waals surface area contributed by atoms with Crippen LogP contribution in [-0.2, 0) is 23.8 Å². The van der Waals surface area contributed by atoms with Gasteiger partial charge < -0.3 is 24.6 Å². The minimum Gasteiger partial charge on any atom is -0.478 e. The van der Waals surface area contributed by atoms with E-state index in [1.54, 1.807) is 0 Å². The van der Waals surface area contributed by atoms with Gasteiger partial charge in [-0.25, -0.2) is 19.2 Å². The van der Waals surface area contributed by atoms with Crippen molar-refractivity contribution in [2.45, 2.75) is 19.6 Å². The summed E-state index contributed by atoms with van der Waals surface area (Å²) in [4.78, 5) is 46.5. The molecule has 1 aromatic rings. The molecule has 0 aliphatic carbocycles. The highest BCUT2D eigenvalue weighted by Gasteiger charge is 2.39. The van der Waals surface area contributed by atoms with Crippen molar-refractivity contribution < 1.29 is 38.5 Å². The van der Waals surface area contributed by atoms with Gasteiger partial charge in [-0.15, -0.1) is 0 Å². The van der Waals surface area contributed by atoms with Gasteiger partial charge in [-0.3, -0.25) is 0 Å². The van der Waals surface area contributed by atoms with E-state index in [4.69, 9.17) is 9.47 Å². The Morgan fingerprint density at radius 1 is 1.20 bits per heavy atom. The Morgan fingerprint density at radius 2 is 1.80 bits per heavy atom. The second-order valence-electron chi connectivity index (χ2n) is 5.44. The maximum absolute atomic E-state index is 11.8. The number of carbonyl (C=O) groups is 4. The molecule has 132 valence electrons. The van der Waals surface area contributed by atoms with Crippen molar-refractivity contribution in [1.29, 1.82) is 0 Å². The highest BCUT2D eigenvalue weighted by Crippen LogP contribution is 2.24. The second-order valence-corrected chi connectivity index (χ2v) is 5.44. The third-order valence-corrected chi connectivity index (χ3v) is 3.16. The minimum atomic E-state index is -1.38.